The summed E-state index contributed by atoms with van der Waals surface area (Å²) in [6, 6.07) is -2.07. The number of amides is 5. The smallest absolute Gasteiger partial charge is 0.291 e. The Morgan fingerprint density at radius 2 is 1.89 bits per heavy atom. The van der Waals surface area contributed by atoms with Crippen LogP contribution in [-0.2, 0) is 24.0 Å². The largest absolute Gasteiger partial charge is 0.356 e. The van der Waals surface area contributed by atoms with E-state index in [4.69, 9.17) is 11.6 Å². The zero-order valence-corrected chi connectivity index (χ0v) is 22.5. The van der Waals surface area contributed by atoms with Crippen LogP contribution in [0.3, 0.4) is 0 Å². The molecular weight excluding hydrogens is 512 g/mol. The molecule has 2 saturated heterocycles. The Bertz CT molecular complexity index is 948. The Balaban J connectivity index is 1.85. The minimum atomic E-state index is -2.44. The van der Waals surface area contributed by atoms with Crippen molar-refractivity contribution in [1.82, 2.24) is 26.0 Å². The van der Waals surface area contributed by atoms with Crippen LogP contribution in [0, 0.1) is 29.1 Å². The first-order chi connectivity index (χ1) is 17.2. The maximum absolute atomic E-state index is 13.8. The Morgan fingerprint density at radius 3 is 2.41 bits per heavy atom. The van der Waals surface area contributed by atoms with Gasteiger partial charge >= 0.3 is 0 Å². The van der Waals surface area contributed by atoms with E-state index in [1.54, 1.807) is 6.92 Å². The number of carbonyl (C=O) groups is 5. The van der Waals surface area contributed by atoms with Gasteiger partial charge < -0.3 is 15.5 Å². The van der Waals surface area contributed by atoms with Gasteiger partial charge in [0.15, 0.2) is 6.17 Å². The number of piperidine rings is 1. The van der Waals surface area contributed by atoms with Crippen molar-refractivity contribution < 1.29 is 32.8 Å². The first-order valence-corrected chi connectivity index (χ1v) is 13.1. The lowest BCUT2D eigenvalue weighted by atomic mass is 9.95. The molecule has 3 N–H and O–H groups in total. The number of nitrogens with one attached hydrogen (secondary N) is 3. The zero-order valence-electron chi connectivity index (χ0n) is 21.7. The van der Waals surface area contributed by atoms with Gasteiger partial charge in [-0.15, -0.1) is 0 Å². The molecule has 0 radical (unpaired) electrons. The summed E-state index contributed by atoms with van der Waals surface area (Å²) in [5, 5.41) is 5.80. The van der Waals surface area contributed by atoms with E-state index in [9.17, 15) is 32.8 Å². The number of hydrogen-bond acceptors (Lipinski definition) is 5. The summed E-state index contributed by atoms with van der Waals surface area (Å²) >= 11 is 5.37. The molecule has 2 aliphatic heterocycles. The fourth-order valence-corrected chi connectivity index (χ4v) is 5.61. The molecule has 13 heteroatoms. The zero-order chi connectivity index (χ0) is 27.8. The number of rotatable bonds is 9. The lowest BCUT2D eigenvalue weighted by Gasteiger charge is -2.36. The van der Waals surface area contributed by atoms with Gasteiger partial charge in [-0.05, 0) is 36.5 Å². The molecule has 0 bridgehead atoms. The molecule has 0 spiro atoms. The van der Waals surface area contributed by atoms with E-state index in [-0.39, 0.29) is 42.2 Å². The lowest BCUT2D eigenvalue weighted by Crippen LogP contribution is -2.60. The van der Waals surface area contributed by atoms with Gasteiger partial charge in [0, 0.05) is 13.1 Å². The molecule has 3 rings (SSSR count). The molecule has 0 aromatic carbocycles. The number of hydrogen-bond donors (Lipinski definition) is 3. The van der Waals surface area contributed by atoms with Crippen LogP contribution in [0.5, 0.6) is 0 Å². The molecule has 8 atom stereocenters. The van der Waals surface area contributed by atoms with E-state index >= 15 is 0 Å². The molecule has 3 aliphatic rings. The third-order valence-corrected chi connectivity index (χ3v) is 8.35. The number of alkyl halides is 3. The SMILES string of the molecule is CC[C@@H](C)[C@H](NC(=O)[C@H](C)F)C(=O)N1C[C@H]2[C@@H]([C@H]1C(=O)NN(C[C@@H]1CCNC1=O)C(=O)[C@@H](F)Cl)C2(C)C. The first-order valence-electron chi connectivity index (χ1n) is 12.6. The second-order valence-corrected chi connectivity index (χ2v) is 11.3. The van der Waals surface area contributed by atoms with Crippen molar-refractivity contribution >= 4 is 41.1 Å². The highest BCUT2D eigenvalue weighted by molar-refractivity contribution is 6.29. The lowest BCUT2D eigenvalue weighted by molar-refractivity contribution is -0.150. The van der Waals surface area contributed by atoms with Crippen LogP contribution in [0.15, 0.2) is 0 Å². The van der Waals surface area contributed by atoms with Crippen LogP contribution >= 0.6 is 11.6 Å². The van der Waals surface area contributed by atoms with E-state index < -0.39 is 53.4 Å². The van der Waals surface area contributed by atoms with Crippen molar-refractivity contribution in [2.24, 2.45) is 29.1 Å². The quantitative estimate of drug-likeness (QED) is 0.292. The van der Waals surface area contributed by atoms with E-state index in [0.29, 0.717) is 24.4 Å². The Morgan fingerprint density at radius 1 is 1.24 bits per heavy atom. The van der Waals surface area contributed by atoms with E-state index in [1.165, 1.54) is 4.90 Å². The number of halogens is 3. The molecule has 0 aromatic heterocycles. The van der Waals surface area contributed by atoms with E-state index in [2.05, 4.69) is 16.1 Å². The van der Waals surface area contributed by atoms with E-state index in [1.807, 2.05) is 20.8 Å². The minimum absolute atomic E-state index is 0.00713. The maximum atomic E-state index is 13.8. The summed E-state index contributed by atoms with van der Waals surface area (Å²) in [5.74, 6) is -4.96. The average molecular weight is 548 g/mol. The molecule has 1 aliphatic carbocycles. The Labute approximate surface area is 220 Å². The maximum Gasteiger partial charge on any atom is 0.291 e. The second kappa shape index (κ2) is 11.1. The predicted octanol–water partition coefficient (Wildman–Crippen LogP) is 0.889. The van der Waals surface area contributed by atoms with Crippen molar-refractivity contribution in [1.29, 1.82) is 0 Å². The van der Waals surface area contributed by atoms with Crippen molar-refractivity contribution in [3.8, 4) is 0 Å². The van der Waals surface area contributed by atoms with Crippen molar-refractivity contribution in [3.63, 3.8) is 0 Å². The van der Waals surface area contributed by atoms with Crippen LogP contribution in [0.25, 0.3) is 0 Å². The summed E-state index contributed by atoms with van der Waals surface area (Å²) in [6.07, 6.45) is -0.909. The third kappa shape index (κ3) is 5.83. The standard InChI is InChI=1S/C24H36ClF2N5O5/c1-6-11(2)16(29-19(33)12(3)26)22(36)31-10-14-15(24(14,4)5)17(31)21(35)30-32(23(37)18(25)27)9-13-7-8-28-20(13)34/h11-18H,6-10H2,1-5H3,(H,28,34)(H,29,33)(H,30,35)/t11-,12+,13+,14+,15+,16+,17+,18-/m1/s1. The molecule has 0 aromatic rings. The van der Waals surface area contributed by atoms with Crippen LogP contribution < -0.4 is 16.1 Å². The van der Waals surface area contributed by atoms with Gasteiger partial charge in [-0.1, -0.05) is 45.7 Å². The van der Waals surface area contributed by atoms with Gasteiger partial charge in [-0.25, -0.2) is 13.8 Å². The fraction of sp³-hybridized carbons (Fsp3) is 0.792. The van der Waals surface area contributed by atoms with Crippen LogP contribution in [0.1, 0.15) is 47.5 Å². The molecule has 10 nitrogen and oxygen atoms in total. The highest BCUT2D eigenvalue weighted by atomic mass is 35.5. The fourth-order valence-electron chi connectivity index (χ4n) is 5.49. The summed E-state index contributed by atoms with van der Waals surface area (Å²) < 4.78 is 27.4. The van der Waals surface area contributed by atoms with Crippen molar-refractivity contribution in [2.75, 3.05) is 19.6 Å². The predicted molar refractivity (Wildman–Crippen MR) is 130 cm³/mol. The minimum Gasteiger partial charge on any atom is -0.356 e. The van der Waals surface area contributed by atoms with Gasteiger partial charge in [0.05, 0.1) is 12.5 Å². The summed E-state index contributed by atoms with van der Waals surface area (Å²) in [7, 11) is 0. The number of fused-ring (bicyclic) bond motifs is 1. The summed E-state index contributed by atoms with van der Waals surface area (Å²) in [6.45, 7) is 8.93. The Hall–Kier alpha value is -2.50. The topological polar surface area (TPSA) is 128 Å². The highest BCUT2D eigenvalue weighted by Crippen LogP contribution is 2.65. The molecule has 1 saturated carbocycles. The van der Waals surface area contributed by atoms with Gasteiger partial charge in [0.25, 0.3) is 23.4 Å². The molecule has 208 valence electrons. The molecule has 5 amide bonds. The molecule has 3 fully saturated rings. The first kappa shape index (κ1) is 29.1. The van der Waals surface area contributed by atoms with Gasteiger partial charge in [0.2, 0.25) is 11.8 Å². The molecule has 2 heterocycles. The van der Waals surface area contributed by atoms with E-state index in [0.717, 1.165) is 6.92 Å². The summed E-state index contributed by atoms with van der Waals surface area (Å²) in [5.41, 5.74) is -0.301. The number of nitrogens with zero attached hydrogens (tertiary/aromatic N) is 2. The van der Waals surface area contributed by atoms with Crippen LogP contribution in [0.4, 0.5) is 8.78 Å². The highest BCUT2D eigenvalue weighted by Gasteiger charge is 2.69. The van der Waals surface area contributed by atoms with Crippen molar-refractivity contribution in [3.05, 3.63) is 0 Å². The van der Waals surface area contributed by atoms with Crippen molar-refractivity contribution in [2.45, 2.75) is 71.3 Å². The van der Waals surface area contributed by atoms with Gasteiger partial charge in [-0.2, -0.15) is 0 Å². The third-order valence-electron chi connectivity index (χ3n) is 8.16. The van der Waals surface area contributed by atoms with Crippen LogP contribution in [0.2, 0.25) is 0 Å². The molecular formula is C24H36ClF2N5O5. The second-order valence-electron chi connectivity index (χ2n) is 10.9. The molecule has 37 heavy (non-hydrogen) atoms. The number of carbonyl (C=O) groups excluding carboxylic acids is 5. The normalized spacial score (nSPS) is 28.9. The summed E-state index contributed by atoms with van der Waals surface area (Å²) in [4.78, 5) is 65.1. The Kier molecular flexibility index (Phi) is 8.71. The van der Waals surface area contributed by atoms with Gasteiger partial charge in [0.1, 0.15) is 12.1 Å². The number of likely N-dealkylation sites (tertiary alicyclic amines) is 1. The molecule has 0 unspecified atom stereocenters. The monoisotopic (exact) mass is 547 g/mol. The average Bonchev–Trinajstić information content (AvgIpc) is 3.19. The number of hydrazine groups is 1. The van der Waals surface area contributed by atoms with Crippen LogP contribution in [-0.4, -0.2) is 83.0 Å². The van der Waals surface area contributed by atoms with Gasteiger partial charge in [-0.3, -0.25) is 29.4 Å².